The molecule has 1 atom stereocenters. The van der Waals surface area contributed by atoms with E-state index in [0.717, 1.165) is 26.9 Å². The van der Waals surface area contributed by atoms with Gasteiger partial charge in [0.2, 0.25) is 0 Å². The van der Waals surface area contributed by atoms with Gasteiger partial charge in [-0.1, -0.05) is 13.0 Å². The lowest BCUT2D eigenvalue weighted by atomic mass is 10.2. The number of thiazole rings is 1. The van der Waals surface area contributed by atoms with Crippen LogP contribution in [0, 0.1) is 6.92 Å². The molecule has 2 aromatic heterocycles. The van der Waals surface area contributed by atoms with Gasteiger partial charge in [-0.05, 0) is 24.8 Å². The van der Waals surface area contributed by atoms with Crippen molar-refractivity contribution in [2.45, 2.75) is 26.4 Å². The van der Waals surface area contributed by atoms with Crippen LogP contribution in [0.2, 0.25) is 0 Å². The molecule has 3 heterocycles. The number of hydrogen-bond acceptors (Lipinski definition) is 5. The minimum Gasteiger partial charge on any atom is -0.375 e. The summed E-state index contributed by atoms with van der Waals surface area (Å²) in [5, 5.41) is 2.97. The number of hydrogen-bond donors (Lipinski definition) is 0. The summed E-state index contributed by atoms with van der Waals surface area (Å²) in [7, 11) is 0. The second-order valence-electron chi connectivity index (χ2n) is 5.06. The zero-order valence-electron chi connectivity index (χ0n) is 12.2. The summed E-state index contributed by atoms with van der Waals surface area (Å²) in [4.78, 5) is 21.0. The van der Waals surface area contributed by atoms with E-state index in [9.17, 15) is 4.79 Å². The first-order valence-electron chi connectivity index (χ1n) is 7.11. The van der Waals surface area contributed by atoms with Gasteiger partial charge < -0.3 is 9.64 Å². The van der Waals surface area contributed by atoms with Crippen LogP contribution in [-0.2, 0) is 4.74 Å². The topological polar surface area (TPSA) is 42.4 Å². The molecule has 112 valence electrons. The van der Waals surface area contributed by atoms with Crippen LogP contribution in [0.15, 0.2) is 17.5 Å². The SMILES string of the molecule is CCC1CN(C(=O)c2sc(-c3cccs3)nc2C)CCO1. The summed E-state index contributed by atoms with van der Waals surface area (Å²) in [5.41, 5.74) is 0.827. The standard InChI is InChI=1S/C15H18N2O2S2/c1-3-11-9-17(6-7-19-11)15(18)13-10(2)16-14(21-13)12-5-4-8-20-12/h4-5,8,11H,3,6-7,9H2,1-2H3. The Hall–Kier alpha value is -1.24. The molecule has 4 nitrogen and oxygen atoms in total. The van der Waals surface area contributed by atoms with Crippen molar-refractivity contribution in [2.24, 2.45) is 0 Å². The predicted molar refractivity (Wildman–Crippen MR) is 86.1 cm³/mol. The van der Waals surface area contributed by atoms with Crippen molar-refractivity contribution in [3.8, 4) is 9.88 Å². The molecule has 0 aliphatic carbocycles. The minimum absolute atomic E-state index is 0.0922. The number of nitrogens with zero attached hydrogens (tertiary/aromatic N) is 2. The van der Waals surface area contributed by atoms with Crippen LogP contribution in [-0.4, -0.2) is 41.6 Å². The molecule has 0 bridgehead atoms. The molecule has 1 amide bonds. The number of amides is 1. The number of morpholine rings is 1. The molecule has 0 N–H and O–H groups in total. The molecule has 0 radical (unpaired) electrons. The highest BCUT2D eigenvalue weighted by Gasteiger charge is 2.27. The lowest BCUT2D eigenvalue weighted by molar-refractivity contribution is -0.0224. The molecule has 0 saturated carbocycles. The number of ether oxygens (including phenoxy) is 1. The number of aromatic nitrogens is 1. The predicted octanol–water partition coefficient (Wildman–Crippen LogP) is 3.43. The van der Waals surface area contributed by atoms with Gasteiger partial charge in [0, 0.05) is 13.1 Å². The average molecular weight is 322 g/mol. The second-order valence-corrected chi connectivity index (χ2v) is 7.01. The molecular formula is C15H18N2O2S2. The Morgan fingerprint density at radius 1 is 1.57 bits per heavy atom. The smallest absolute Gasteiger partial charge is 0.266 e. The van der Waals surface area contributed by atoms with E-state index in [1.165, 1.54) is 11.3 Å². The van der Waals surface area contributed by atoms with Crippen LogP contribution in [0.5, 0.6) is 0 Å². The van der Waals surface area contributed by atoms with Crippen LogP contribution in [0.4, 0.5) is 0 Å². The Labute approximate surface area is 132 Å². The van der Waals surface area contributed by atoms with Crippen LogP contribution < -0.4 is 0 Å². The third kappa shape index (κ3) is 3.02. The lowest BCUT2D eigenvalue weighted by Crippen LogP contribution is -2.45. The maximum Gasteiger partial charge on any atom is 0.266 e. The monoisotopic (exact) mass is 322 g/mol. The molecule has 6 heteroatoms. The minimum atomic E-state index is 0.0922. The van der Waals surface area contributed by atoms with Gasteiger partial charge in [-0.15, -0.1) is 22.7 Å². The number of carbonyl (C=O) groups excluding carboxylic acids is 1. The molecule has 3 rings (SSSR count). The average Bonchev–Trinajstić information content (AvgIpc) is 3.16. The molecule has 1 fully saturated rings. The van der Waals surface area contributed by atoms with Gasteiger partial charge >= 0.3 is 0 Å². The van der Waals surface area contributed by atoms with Gasteiger partial charge in [-0.2, -0.15) is 0 Å². The highest BCUT2D eigenvalue weighted by Crippen LogP contribution is 2.32. The molecule has 2 aromatic rings. The molecule has 0 spiro atoms. The van der Waals surface area contributed by atoms with E-state index in [4.69, 9.17) is 4.74 Å². The zero-order valence-corrected chi connectivity index (χ0v) is 13.8. The van der Waals surface area contributed by atoms with Crippen LogP contribution in [0.25, 0.3) is 9.88 Å². The van der Waals surface area contributed by atoms with Crippen LogP contribution >= 0.6 is 22.7 Å². The van der Waals surface area contributed by atoms with Crippen molar-refractivity contribution in [1.82, 2.24) is 9.88 Å². The van der Waals surface area contributed by atoms with Gasteiger partial charge in [-0.25, -0.2) is 4.98 Å². The van der Waals surface area contributed by atoms with Crippen molar-refractivity contribution in [1.29, 1.82) is 0 Å². The summed E-state index contributed by atoms with van der Waals surface area (Å²) < 4.78 is 5.63. The van der Waals surface area contributed by atoms with Gasteiger partial charge in [-0.3, -0.25) is 4.79 Å². The third-order valence-corrected chi connectivity index (χ3v) is 5.79. The molecule has 1 aliphatic rings. The largest absolute Gasteiger partial charge is 0.375 e. The first-order chi connectivity index (χ1) is 10.2. The lowest BCUT2D eigenvalue weighted by Gasteiger charge is -2.32. The van der Waals surface area contributed by atoms with E-state index in [0.29, 0.717) is 19.7 Å². The fourth-order valence-electron chi connectivity index (χ4n) is 2.39. The summed E-state index contributed by atoms with van der Waals surface area (Å²) in [6.45, 7) is 5.98. The summed E-state index contributed by atoms with van der Waals surface area (Å²) in [6.07, 6.45) is 1.10. The van der Waals surface area contributed by atoms with Crippen LogP contribution in [0.3, 0.4) is 0 Å². The van der Waals surface area contributed by atoms with Gasteiger partial charge in [0.05, 0.1) is 23.3 Å². The Kier molecular flexibility index (Phi) is 4.37. The van der Waals surface area contributed by atoms with E-state index in [2.05, 4.69) is 11.9 Å². The molecule has 1 saturated heterocycles. The van der Waals surface area contributed by atoms with Gasteiger partial charge in [0.15, 0.2) is 0 Å². The van der Waals surface area contributed by atoms with E-state index < -0.39 is 0 Å². The first-order valence-corrected chi connectivity index (χ1v) is 8.80. The normalized spacial score (nSPS) is 19.0. The zero-order chi connectivity index (χ0) is 14.8. The highest BCUT2D eigenvalue weighted by molar-refractivity contribution is 7.22. The molecule has 21 heavy (non-hydrogen) atoms. The highest BCUT2D eigenvalue weighted by atomic mass is 32.1. The van der Waals surface area contributed by atoms with E-state index >= 15 is 0 Å². The van der Waals surface area contributed by atoms with Crippen molar-refractivity contribution in [3.63, 3.8) is 0 Å². The quantitative estimate of drug-likeness (QED) is 0.869. The van der Waals surface area contributed by atoms with Crippen LogP contribution in [0.1, 0.15) is 28.7 Å². The number of thiophene rings is 1. The maximum absolute atomic E-state index is 12.7. The first kappa shape index (κ1) is 14.7. The van der Waals surface area contributed by atoms with Gasteiger partial charge in [0.1, 0.15) is 9.88 Å². The van der Waals surface area contributed by atoms with Gasteiger partial charge in [0.25, 0.3) is 5.91 Å². The maximum atomic E-state index is 12.7. The fraction of sp³-hybridized carbons (Fsp3) is 0.467. The van der Waals surface area contributed by atoms with Crippen molar-refractivity contribution in [2.75, 3.05) is 19.7 Å². The Morgan fingerprint density at radius 3 is 3.14 bits per heavy atom. The van der Waals surface area contributed by atoms with E-state index in [-0.39, 0.29) is 12.0 Å². The summed E-state index contributed by atoms with van der Waals surface area (Å²) in [5.74, 6) is 0.0922. The number of rotatable bonds is 3. The summed E-state index contributed by atoms with van der Waals surface area (Å²) in [6, 6.07) is 4.05. The van der Waals surface area contributed by atoms with Crippen molar-refractivity contribution in [3.05, 3.63) is 28.1 Å². The molecule has 1 unspecified atom stereocenters. The number of aryl methyl sites for hydroxylation is 1. The van der Waals surface area contributed by atoms with E-state index in [1.807, 2.05) is 29.3 Å². The third-order valence-electron chi connectivity index (χ3n) is 3.60. The fourth-order valence-corrected chi connectivity index (χ4v) is 4.23. The Balaban J connectivity index is 1.81. The van der Waals surface area contributed by atoms with Crippen molar-refractivity contribution >= 4 is 28.6 Å². The molecular weight excluding hydrogens is 304 g/mol. The number of carbonyl (C=O) groups is 1. The molecule has 1 aliphatic heterocycles. The van der Waals surface area contributed by atoms with E-state index in [1.54, 1.807) is 11.3 Å². The molecule has 0 aromatic carbocycles. The van der Waals surface area contributed by atoms with Crippen molar-refractivity contribution < 1.29 is 9.53 Å². The summed E-state index contributed by atoms with van der Waals surface area (Å²) >= 11 is 3.15. The Bertz CT molecular complexity index is 622. The second kappa shape index (κ2) is 6.25. The Morgan fingerprint density at radius 2 is 2.43 bits per heavy atom.